The molecule has 12 heavy (non-hydrogen) atoms. The lowest BCUT2D eigenvalue weighted by atomic mass is 10.1. The summed E-state index contributed by atoms with van der Waals surface area (Å²) in [7, 11) is 0. The van der Waals surface area contributed by atoms with Crippen LogP contribution in [-0.4, -0.2) is 23.6 Å². The molecule has 1 nitrogen and oxygen atoms in total. The Morgan fingerprint density at radius 1 is 1.33 bits per heavy atom. The summed E-state index contributed by atoms with van der Waals surface area (Å²) >= 11 is 2.07. The maximum Gasteiger partial charge on any atom is 0.0215 e. The monoisotopic (exact) mass is 189 g/mol. The molecule has 1 aliphatic rings. The highest BCUT2D eigenvalue weighted by Crippen LogP contribution is 2.19. The summed E-state index contributed by atoms with van der Waals surface area (Å²) < 4.78 is 0. The van der Waals surface area contributed by atoms with Crippen molar-refractivity contribution in [2.45, 2.75) is 40.2 Å². The Hall–Kier alpha value is 0.310. The Morgan fingerprint density at radius 2 is 1.92 bits per heavy atom. The topological polar surface area (TPSA) is 12.0 Å². The van der Waals surface area contributed by atoms with E-state index in [1.165, 1.54) is 18.1 Å². The van der Waals surface area contributed by atoms with E-state index in [1.54, 1.807) is 0 Å². The zero-order chi connectivity index (χ0) is 9.61. The van der Waals surface area contributed by atoms with Gasteiger partial charge in [0.05, 0.1) is 0 Å². The van der Waals surface area contributed by atoms with Crippen LogP contribution in [0, 0.1) is 5.92 Å². The minimum Gasteiger partial charge on any atom is -0.311 e. The van der Waals surface area contributed by atoms with Crippen LogP contribution in [0.5, 0.6) is 0 Å². The van der Waals surface area contributed by atoms with Crippen LogP contribution in [0.1, 0.15) is 34.6 Å². The van der Waals surface area contributed by atoms with Crippen molar-refractivity contribution in [3.63, 3.8) is 0 Å². The highest BCUT2D eigenvalue weighted by Gasteiger charge is 2.21. The molecular weight excluding hydrogens is 166 g/mol. The van der Waals surface area contributed by atoms with E-state index in [9.17, 15) is 0 Å². The van der Waals surface area contributed by atoms with Gasteiger partial charge in [-0.25, -0.2) is 0 Å². The zero-order valence-electron chi connectivity index (χ0n) is 9.11. The summed E-state index contributed by atoms with van der Waals surface area (Å²) in [5, 5.41) is 3.55. The molecule has 1 rings (SSSR count). The molecule has 0 radical (unpaired) electrons. The summed E-state index contributed by atoms with van der Waals surface area (Å²) in [6, 6.07) is 0. The molecule has 0 aromatic rings. The predicted molar refractivity (Wildman–Crippen MR) is 59.9 cm³/mol. The van der Waals surface area contributed by atoms with Gasteiger partial charge < -0.3 is 5.32 Å². The zero-order valence-corrected chi connectivity index (χ0v) is 9.92. The van der Waals surface area contributed by atoms with Gasteiger partial charge in [-0.05, 0) is 32.1 Å². The molecule has 0 aromatic carbocycles. The van der Waals surface area contributed by atoms with Gasteiger partial charge in [0.1, 0.15) is 0 Å². The number of rotatable bonds is 0. The predicted octanol–water partition coefficient (Wildman–Crippen LogP) is 2.76. The Labute approximate surface area is 81.7 Å². The maximum absolute atomic E-state index is 3.55. The second-order valence-corrected chi connectivity index (χ2v) is 4.92. The smallest absolute Gasteiger partial charge is 0.0215 e. The van der Waals surface area contributed by atoms with Crippen LogP contribution in [-0.2, 0) is 0 Å². The molecule has 0 amide bonds. The molecule has 0 aromatic heterocycles. The first-order valence-corrected chi connectivity index (χ1v) is 6.08. The van der Waals surface area contributed by atoms with Crippen molar-refractivity contribution in [1.29, 1.82) is 0 Å². The van der Waals surface area contributed by atoms with Crippen molar-refractivity contribution < 1.29 is 0 Å². The molecule has 0 bridgehead atoms. The third-order valence-corrected chi connectivity index (χ3v) is 3.52. The molecule has 0 spiro atoms. The van der Waals surface area contributed by atoms with E-state index in [4.69, 9.17) is 0 Å². The first kappa shape index (κ1) is 12.3. The summed E-state index contributed by atoms with van der Waals surface area (Å²) in [4.78, 5) is 0. The Kier molecular flexibility index (Phi) is 6.02. The molecule has 0 saturated carbocycles. The number of thioether (sulfide) groups is 1. The minimum absolute atomic E-state index is 0.357. The van der Waals surface area contributed by atoms with Crippen LogP contribution in [0.3, 0.4) is 0 Å². The molecule has 1 saturated heterocycles. The fraction of sp³-hybridized carbons (Fsp3) is 1.00. The SMILES string of the molecule is CC.CC1CNC(C)(C)CSC1. The van der Waals surface area contributed by atoms with Gasteiger partial charge in [-0.1, -0.05) is 20.8 Å². The van der Waals surface area contributed by atoms with Crippen molar-refractivity contribution in [3.05, 3.63) is 0 Å². The van der Waals surface area contributed by atoms with Crippen LogP contribution >= 0.6 is 11.8 Å². The fourth-order valence-electron chi connectivity index (χ4n) is 1.08. The average Bonchev–Trinajstić information content (AvgIpc) is 2.17. The van der Waals surface area contributed by atoms with E-state index in [1.807, 2.05) is 13.8 Å². The Balaban J connectivity index is 0.000000561. The van der Waals surface area contributed by atoms with Gasteiger partial charge in [0.15, 0.2) is 0 Å². The van der Waals surface area contributed by atoms with E-state index >= 15 is 0 Å². The third kappa shape index (κ3) is 5.04. The van der Waals surface area contributed by atoms with E-state index in [0.29, 0.717) is 5.54 Å². The van der Waals surface area contributed by atoms with E-state index in [0.717, 1.165) is 5.92 Å². The molecule has 1 atom stereocenters. The van der Waals surface area contributed by atoms with Crippen LogP contribution in [0.2, 0.25) is 0 Å². The van der Waals surface area contributed by atoms with Gasteiger partial charge >= 0.3 is 0 Å². The quantitative estimate of drug-likeness (QED) is 0.629. The van der Waals surface area contributed by atoms with Crippen molar-refractivity contribution >= 4 is 11.8 Å². The van der Waals surface area contributed by atoms with Crippen LogP contribution < -0.4 is 5.32 Å². The average molecular weight is 189 g/mol. The van der Waals surface area contributed by atoms with E-state index in [-0.39, 0.29) is 0 Å². The largest absolute Gasteiger partial charge is 0.311 e. The highest BCUT2D eigenvalue weighted by atomic mass is 32.2. The van der Waals surface area contributed by atoms with E-state index in [2.05, 4.69) is 37.8 Å². The summed E-state index contributed by atoms with van der Waals surface area (Å²) in [5.74, 6) is 3.40. The Bertz CT molecular complexity index is 112. The third-order valence-electron chi connectivity index (χ3n) is 1.79. The van der Waals surface area contributed by atoms with Crippen LogP contribution in [0.25, 0.3) is 0 Å². The lowest BCUT2D eigenvalue weighted by molar-refractivity contribution is 0.412. The summed E-state index contributed by atoms with van der Waals surface area (Å²) in [6.45, 7) is 12.0. The lowest BCUT2D eigenvalue weighted by Gasteiger charge is -2.23. The molecule has 0 aliphatic carbocycles. The summed E-state index contributed by atoms with van der Waals surface area (Å²) in [5.41, 5.74) is 0.357. The number of nitrogens with one attached hydrogen (secondary N) is 1. The van der Waals surface area contributed by atoms with Crippen molar-refractivity contribution in [2.24, 2.45) is 5.92 Å². The summed E-state index contributed by atoms with van der Waals surface area (Å²) in [6.07, 6.45) is 0. The maximum atomic E-state index is 3.55. The Morgan fingerprint density at radius 3 is 2.50 bits per heavy atom. The second kappa shape index (κ2) is 5.87. The number of hydrogen-bond acceptors (Lipinski definition) is 2. The minimum atomic E-state index is 0.357. The molecule has 1 N–H and O–H groups in total. The van der Waals surface area contributed by atoms with Gasteiger partial charge in [0, 0.05) is 11.3 Å². The molecule has 1 heterocycles. The van der Waals surface area contributed by atoms with Gasteiger partial charge in [-0.2, -0.15) is 11.8 Å². The van der Waals surface area contributed by atoms with Gasteiger partial charge in [-0.15, -0.1) is 0 Å². The normalized spacial score (nSPS) is 28.2. The molecule has 74 valence electrons. The first-order chi connectivity index (χ1) is 5.60. The lowest BCUT2D eigenvalue weighted by Crippen LogP contribution is -2.41. The van der Waals surface area contributed by atoms with Gasteiger partial charge in [0.2, 0.25) is 0 Å². The van der Waals surface area contributed by atoms with Crippen molar-refractivity contribution in [2.75, 3.05) is 18.1 Å². The second-order valence-electron chi connectivity index (χ2n) is 3.89. The number of hydrogen-bond donors (Lipinski definition) is 1. The molecule has 1 unspecified atom stereocenters. The van der Waals surface area contributed by atoms with E-state index < -0.39 is 0 Å². The fourth-order valence-corrected chi connectivity index (χ4v) is 2.33. The van der Waals surface area contributed by atoms with Crippen molar-refractivity contribution in [3.8, 4) is 0 Å². The molecular formula is C10H23NS. The van der Waals surface area contributed by atoms with Crippen molar-refractivity contribution in [1.82, 2.24) is 5.32 Å². The van der Waals surface area contributed by atoms with Crippen LogP contribution in [0.4, 0.5) is 0 Å². The van der Waals surface area contributed by atoms with Gasteiger partial charge in [0.25, 0.3) is 0 Å². The van der Waals surface area contributed by atoms with Crippen LogP contribution in [0.15, 0.2) is 0 Å². The molecule has 2 heteroatoms. The first-order valence-electron chi connectivity index (χ1n) is 4.93. The highest BCUT2D eigenvalue weighted by molar-refractivity contribution is 7.99. The molecule has 1 aliphatic heterocycles. The standard InChI is InChI=1S/C8H17NS.C2H6/c1-7-4-9-8(2,3)6-10-5-7;1-2/h7,9H,4-6H2,1-3H3;1-2H3. The van der Waals surface area contributed by atoms with Gasteiger partial charge in [-0.3, -0.25) is 0 Å². The molecule has 1 fully saturated rings.